The maximum absolute atomic E-state index is 4.41. The van der Waals surface area contributed by atoms with Crippen LogP contribution in [0.5, 0.6) is 0 Å². The van der Waals surface area contributed by atoms with Crippen molar-refractivity contribution < 1.29 is 0 Å². The molecule has 4 nitrogen and oxygen atoms in total. The number of rotatable bonds is 5. The first kappa shape index (κ1) is 16.5. The Morgan fingerprint density at radius 2 is 2.00 bits per heavy atom. The summed E-state index contributed by atoms with van der Waals surface area (Å²) in [6, 6.07) is 9.09. The fourth-order valence-electron chi connectivity index (χ4n) is 3.29. The first-order valence-corrected chi connectivity index (χ1v) is 9.44. The topological polar surface area (TPSA) is 34.0 Å². The molecule has 3 rings (SSSR count). The SMILES string of the molecule is Cc1ccccc1-c1nnc(SCCC2CCCCN2C)n1C. The molecule has 0 radical (unpaired) electrons. The summed E-state index contributed by atoms with van der Waals surface area (Å²) >= 11 is 1.83. The van der Waals surface area contributed by atoms with E-state index >= 15 is 0 Å². The van der Waals surface area contributed by atoms with Crippen LogP contribution in [0.15, 0.2) is 29.4 Å². The van der Waals surface area contributed by atoms with Gasteiger partial charge in [-0.15, -0.1) is 10.2 Å². The van der Waals surface area contributed by atoms with E-state index in [9.17, 15) is 0 Å². The molecule has 0 spiro atoms. The third-order valence-electron chi connectivity index (χ3n) is 4.82. The third kappa shape index (κ3) is 3.78. The second-order valence-electron chi connectivity index (χ2n) is 6.45. The number of hydrogen-bond acceptors (Lipinski definition) is 4. The highest BCUT2D eigenvalue weighted by atomic mass is 32.2. The standard InChI is InChI=1S/C18H26N4S/c1-14-8-4-5-10-16(14)17-19-20-18(22(17)3)23-13-11-15-9-6-7-12-21(15)2/h4-5,8,10,15H,6-7,9,11-13H2,1-3H3. The van der Waals surface area contributed by atoms with Crippen molar-refractivity contribution in [3.8, 4) is 11.4 Å². The number of piperidine rings is 1. The van der Waals surface area contributed by atoms with Crippen molar-refractivity contribution in [1.82, 2.24) is 19.7 Å². The molecule has 2 heterocycles. The molecule has 1 unspecified atom stereocenters. The molecule has 1 fully saturated rings. The molecule has 0 N–H and O–H groups in total. The van der Waals surface area contributed by atoms with E-state index in [4.69, 9.17) is 0 Å². The average molecular weight is 331 g/mol. The minimum atomic E-state index is 0.736. The van der Waals surface area contributed by atoms with Gasteiger partial charge in [0.1, 0.15) is 0 Å². The van der Waals surface area contributed by atoms with Crippen molar-refractivity contribution in [2.45, 2.75) is 43.8 Å². The summed E-state index contributed by atoms with van der Waals surface area (Å²) in [6.45, 7) is 3.37. The number of hydrogen-bond donors (Lipinski definition) is 0. The van der Waals surface area contributed by atoms with Crippen LogP contribution in [0.2, 0.25) is 0 Å². The van der Waals surface area contributed by atoms with Crippen LogP contribution in [0.25, 0.3) is 11.4 Å². The lowest BCUT2D eigenvalue weighted by Gasteiger charge is -2.32. The van der Waals surface area contributed by atoms with Crippen molar-refractivity contribution in [3.63, 3.8) is 0 Å². The molecule has 5 heteroatoms. The largest absolute Gasteiger partial charge is 0.305 e. The monoisotopic (exact) mass is 330 g/mol. The van der Waals surface area contributed by atoms with Gasteiger partial charge in [0, 0.05) is 24.4 Å². The summed E-state index contributed by atoms with van der Waals surface area (Å²) in [4.78, 5) is 2.51. The first-order valence-electron chi connectivity index (χ1n) is 8.45. The van der Waals surface area contributed by atoms with Crippen LogP contribution < -0.4 is 0 Å². The number of likely N-dealkylation sites (tertiary alicyclic amines) is 1. The Labute approximate surface area is 143 Å². The minimum Gasteiger partial charge on any atom is -0.305 e. The van der Waals surface area contributed by atoms with Crippen LogP contribution in [-0.2, 0) is 7.05 Å². The fraction of sp³-hybridized carbons (Fsp3) is 0.556. The van der Waals surface area contributed by atoms with Gasteiger partial charge in [-0.2, -0.15) is 0 Å². The summed E-state index contributed by atoms with van der Waals surface area (Å²) < 4.78 is 2.12. The Balaban J connectivity index is 1.62. The fourth-order valence-corrected chi connectivity index (χ4v) is 4.25. The van der Waals surface area contributed by atoms with Crippen molar-refractivity contribution in [2.75, 3.05) is 19.3 Å². The number of nitrogens with zero attached hydrogens (tertiary/aromatic N) is 4. The van der Waals surface area contributed by atoms with Gasteiger partial charge in [-0.05, 0) is 45.3 Å². The molecule has 1 aliphatic heterocycles. The molecule has 1 aliphatic rings. The van der Waals surface area contributed by atoms with E-state index in [1.807, 2.05) is 11.8 Å². The molecule has 124 valence electrons. The van der Waals surface area contributed by atoms with Crippen LogP contribution in [0, 0.1) is 6.92 Å². The van der Waals surface area contributed by atoms with Gasteiger partial charge in [0.15, 0.2) is 11.0 Å². The van der Waals surface area contributed by atoms with Crippen LogP contribution >= 0.6 is 11.8 Å². The molecule has 23 heavy (non-hydrogen) atoms. The number of benzene rings is 1. The lowest BCUT2D eigenvalue weighted by atomic mass is 10.0. The molecule has 0 aliphatic carbocycles. The summed E-state index contributed by atoms with van der Waals surface area (Å²) in [5.41, 5.74) is 2.41. The van der Waals surface area contributed by atoms with E-state index in [-0.39, 0.29) is 0 Å². The average Bonchev–Trinajstić information content (AvgIpc) is 2.91. The predicted molar refractivity (Wildman–Crippen MR) is 96.8 cm³/mol. The highest BCUT2D eigenvalue weighted by molar-refractivity contribution is 7.99. The van der Waals surface area contributed by atoms with Crippen molar-refractivity contribution >= 4 is 11.8 Å². The van der Waals surface area contributed by atoms with Gasteiger partial charge in [-0.25, -0.2) is 0 Å². The Kier molecular flexibility index (Phi) is 5.38. The Hall–Kier alpha value is -1.33. The lowest BCUT2D eigenvalue weighted by Crippen LogP contribution is -2.36. The quantitative estimate of drug-likeness (QED) is 0.782. The highest BCUT2D eigenvalue weighted by Gasteiger charge is 2.19. The predicted octanol–water partition coefficient (Wildman–Crippen LogP) is 3.76. The third-order valence-corrected chi connectivity index (χ3v) is 5.88. The van der Waals surface area contributed by atoms with Crippen LogP contribution in [0.1, 0.15) is 31.2 Å². The molecule has 0 bridgehead atoms. The van der Waals surface area contributed by atoms with Crippen LogP contribution in [-0.4, -0.2) is 45.1 Å². The van der Waals surface area contributed by atoms with E-state index in [2.05, 4.69) is 64.9 Å². The Morgan fingerprint density at radius 1 is 1.17 bits per heavy atom. The molecule has 1 aromatic carbocycles. The van der Waals surface area contributed by atoms with E-state index in [1.54, 1.807) is 0 Å². The molecule has 0 saturated carbocycles. The van der Waals surface area contributed by atoms with Gasteiger partial charge in [-0.3, -0.25) is 0 Å². The maximum atomic E-state index is 4.41. The molecule has 0 amide bonds. The van der Waals surface area contributed by atoms with Gasteiger partial charge in [0.25, 0.3) is 0 Å². The van der Waals surface area contributed by atoms with Gasteiger partial charge in [0.05, 0.1) is 0 Å². The van der Waals surface area contributed by atoms with Crippen LogP contribution in [0.3, 0.4) is 0 Å². The number of aromatic nitrogens is 3. The van der Waals surface area contributed by atoms with E-state index in [1.165, 1.54) is 43.4 Å². The minimum absolute atomic E-state index is 0.736. The lowest BCUT2D eigenvalue weighted by molar-refractivity contribution is 0.182. The number of aryl methyl sites for hydroxylation is 1. The summed E-state index contributed by atoms with van der Waals surface area (Å²) in [6.07, 6.45) is 5.29. The molecule has 1 aromatic heterocycles. The Morgan fingerprint density at radius 3 is 2.78 bits per heavy atom. The van der Waals surface area contributed by atoms with E-state index in [0.29, 0.717) is 0 Å². The van der Waals surface area contributed by atoms with Gasteiger partial charge < -0.3 is 9.47 Å². The van der Waals surface area contributed by atoms with Crippen molar-refractivity contribution in [1.29, 1.82) is 0 Å². The Bertz CT molecular complexity index is 652. The molecule has 1 saturated heterocycles. The molecule has 1 atom stereocenters. The second kappa shape index (κ2) is 7.49. The van der Waals surface area contributed by atoms with E-state index < -0.39 is 0 Å². The van der Waals surface area contributed by atoms with Crippen LogP contribution in [0.4, 0.5) is 0 Å². The van der Waals surface area contributed by atoms with E-state index in [0.717, 1.165) is 22.8 Å². The molecule has 2 aromatic rings. The normalized spacial score (nSPS) is 19.2. The molecular formula is C18H26N4S. The molecular weight excluding hydrogens is 304 g/mol. The summed E-state index contributed by atoms with van der Waals surface area (Å²) in [7, 11) is 4.32. The smallest absolute Gasteiger partial charge is 0.191 e. The zero-order valence-electron chi connectivity index (χ0n) is 14.3. The maximum Gasteiger partial charge on any atom is 0.191 e. The van der Waals surface area contributed by atoms with Crippen molar-refractivity contribution in [2.24, 2.45) is 7.05 Å². The summed E-state index contributed by atoms with van der Waals surface area (Å²) in [5, 5.41) is 9.82. The summed E-state index contributed by atoms with van der Waals surface area (Å²) in [5.74, 6) is 2.06. The van der Waals surface area contributed by atoms with Crippen molar-refractivity contribution in [3.05, 3.63) is 29.8 Å². The van der Waals surface area contributed by atoms with Gasteiger partial charge in [-0.1, -0.05) is 42.4 Å². The highest BCUT2D eigenvalue weighted by Crippen LogP contribution is 2.26. The first-order chi connectivity index (χ1) is 11.2. The zero-order chi connectivity index (χ0) is 16.2. The zero-order valence-corrected chi connectivity index (χ0v) is 15.1. The van der Waals surface area contributed by atoms with Gasteiger partial charge in [0.2, 0.25) is 0 Å². The number of thioether (sulfide) groups is 1. The second-order valence-corrected chi connectivity index (χ2v) is 7.51. The van der Waals surface area contributed by atoms with Gasteiger partial charge >= 0.3 is 0 Å².